The number of aryl methyl sites for hydroxylation is 1. The normalized spacial score (nSPS) is 19.4. The van der Waals surface area contributed by atoms with Crippen molar-refractivity contribution in [1.82, 2.24) is 14.8 Å². The van der Waals surface area contributed by atoms with E-state index in [4.69, 9.17) is 9.47 Å². The van der Waals surface area contributed by atoms with Crippen LogP contribution in [0.5, 0.6) is 5.75 Å². The van der Waals surface area contributed by atoms with Gasteiger partial charge in [0.1, 0.15) is 17.9 Å². The van der Waals surface area contributed by atoms with Gasteiger partial charge in [0, 0.05) is 49.0 Å². The maximum absolute atomic E-state index is 14.3. The van der Waals surface area contributed by atoms with E-state index in [1.807, 2.05) is 55.5 Å². The van der Waals surface area contributed by atoms with Crippen molar-refractivity contribution in [2.75, 3.05) is 49.2 Å². The Kier molecular flexibility index (Phi) is 7.06. The maximum atomic E-state index is 14.3. The highest BCUT2D eigenvalue weighted by Gasteiger charge is 2.29. The molecule has 2 atom stereocenters. The van der Waals surface area contributed by atoms with Crippen molar-refractivity contribution in [3.05, 3.63) is 100 Å². The van der Waals surface area contributed by atoms with Crippen LogP contribution in [0.15, 0.2) is 77.9 Å². The number of nitrogens with one attached hydrogen (secondary N) is 1. The highest BCUT2D eigenvalue weighted by Crippen LogP contribution is 2.34. The molecule has 0 unspecified atom stereocenters. The van der Waals surface area contributed by atoms with E-state index in [9.17, 15) is 9.18 Å². The summed E-state index contributed by atoms with van der Waals surface area (Å²) in [5.74, 6) is 0.872. The minimum atomic E-state index is -0.247. The molecule has 0 aliphatic carbocycles. The Morgan fingerprint density at radius 2 is 1.59 bits per heavy atom. The van der Waals surface area contributed by atoms with Gasteiger partial charge in [0.25, 0.3) is 0 Å². The van der Waals surface area contributed by atoms with Crippen LogP contribution < -0.4 is 20.2 Å². The molecule has 1 aromatic heterocycles. The molecule has 1 N–H and O–H groups in total. The van der Waals surface area contributed by atoms with Crippen LogP contribution in [0.25, 0.3) is 5.69 Å². The highest BCUT2D eigenvalue weighted by molar-refractivity contribution is 5.54. The number of H-pyrrole nitrogens is 1. The number of aromatic nitrogens is 3. The van der Waals surface area contributed by atoms with E-state index in [1.165, 1.54) is 16.6 Å². The summed E-state index contributed by atoms with van der Waals surface area (Å²) >= 11 is 0. The standard InChI is InChI=1S/C30H32FN5O3/c1-21-2-11-27(28(31)16-21)29-17-22(19-39-29)18-38-26-9-7-24(8-10-26)35-14-12-34(13-15-35)23-3-5-25(6-4-23)36-20-32-33-30(36)37/h2-11,16,20,22,29H,12-15,17-19H2,1H3,(H,33,37)/t22-,29-/m1/s1. The van der Waals surface area contributed by atoms with E-state index in [2.05, 4.69) is 32.1 Å². The third-order valence-electron chi connectivity index (χ3n) is 7.60. The third-order valence-corrected chi connectivity index (χ3v) is 7.60. The van der Waals surface area contributed by atoms with Crippen LogP contribution in [0.2, 0.25) is 0 Å². The fourth-order valence-corrected chi connectivity index (χ4v) is 5.36. The Morgan fingerprint density at radius 1 is 0.949 bits per heavy atom. The number of halogens is 1. The summed E-state index contributed by atoms with van der Waals surface area (Å²) in [7, 11) is 0. The van der Waals surface area contributed by atoms with Gasteiger partial charge in [-0.2, -0.15) is 5.10 Å². The molecule has 3 aromatic carbocycles. The van der Waals surface area contributed by atoms with Gasteiger partial charge in [-0.05, 0) is 73.5 Å². The van der Waals surface area contributed by atoms with Gasteiger partial charge in [-0.3, -0.25) is 0 Å². The summed E-state index contributed by atoms with van der Waals surface area (Å²) in [5.41, 5.74) is 4.41. The van der Waals surface area contributed by atoms with E-state index in [0.29, 0.717) is 18.8 Å². The molecule has 0 spiro atoms. The summed E-state index contributed by atoms with van der Waals surface area (Å²) in [4.78, 5) is 16.5. The van der Waals surface area contributed by atoms with Crippen molar-refractivity contribution in [2.45, 2.75) is 19.4 Å². The van der Waals surface area contributed by atoms with Crippen molar-refractivity contribution in [1.29, 1.82) is 0 Å². The number of anilines is 2. The SMILES string of the molecule is Cc1ccc([C@H]2C[C@H](COc3ccc(N4CCN(c5ccc(-n6cn[nH]c6=O)cc5)CC4)cc3)CO2)c(F)c1. The maximum Gasteiger partial charge on any atom is 0.347 e. The molecule has 8 nitrogen and oxygen atoms in total. The summed E-state index contributed by atoms with van der Waals surface area (Å²) in [6, 6.07) is 21.6. The quantitative estimate of drug-likeness (QED) is 0.380. The van der Waals surface area contributed by atoms with Crippen molar-refractivity contribution < 1.29 is 13.9 Å². The molecule has 9 heteroatoms. The van der Waals surface area contributed by atoms with Gasteiger partial charge in [0.2, 0.25) is 0 Å². The lowest BCUT2D eigenvalue weighted by Crippen LogP contribution is -2.46. The molecule has 2 saturated heterocycles. The molecular formula is C30H32FN5O3. The molecule has 3 heterocycles. The first kappa shape index (κ1) is 25.2. The molecule has 4 aromatic rings. The van der Waals surface area contributed by atoms with Crippen LogP contribution in [0.4, 0.5) is 15.8 Å². The van der Waals surface area contributed by atoms with Crippen LogP contribution in [0, 0.1) is 18.7 Å². The zero-order chi connectivity index (χ0) is 26.8. The van der Waals surface area contributed by atoms with Gasteiger partial charge < -0.3 is 19.3 Å². The van der Waals surface area contributed by atoms with Gasteiger partial charge in [-0.25, -0.2) is 18.9 Å². The first-order chi connectivity index (χ1) is 19.0. The lowest BCUT2D eigenvalue weighted by atomic mass is 10.00. The lowest BCUT2D eigenvalue weighted by molar-refractivity contribution is 0.100. The highest BCUT2D eigenvalue weighted by atomic mass is 19.1. The van der Waals surface area contributed by atoms with Crippen molar-refractivity contribution in [3.8, 4) is 11.4 Å². The Hall–Kier alpha value is -4.11. The Bertz CT molecular complexity index is 1460. The molecule has 0 saturated carbocycles. The minimum absolute atomic E-state index is 0.195. The van der Waals surface area contributed by atoms with Crippen LogP contribution in [0.1, 0.15) is 23.7 Å². The largest absolute Gasteiger partial charge is 0.493 e. The van der Waals surface area contributed by atoms with E-state index in [-0.39, 0.29) is 23.5 Å². The van der Waals surface area contributed by atoms with Gasteiger partial charge in [0.05, 0.1) is 25.0 Å². The van der Waals surface area contributed by atoms with Crippen LogP contribution in [0.3, 0.4) is 0 Å². The summed E-state index contributed by atoms with van der Waals surface area (Å²) in [6.45, 7) is 6.67. The number of benzene rings is 3. The molecule has 0 bridgehead atoms. The molecule has 6 rings (SSSR count). The fraction of sp³-hybridized carbons (Fsp3) is 0.333. The predicted molar refractivity (Wildman–Crippen MR) is 148 cm³/mol. The second kappa shape index (κ2) is 10.9. The number of rotatable bonds is 7. The fourth-order valence-electron chi connectivity index (χ4n) is 5.36. The number of nitrogens with zero attached hydrogens (tertiary/aromatic N) is 4. The van der Waals surface area contributed by atoms with E-state index >= 15 is 0 Å². The van der Waals surface area contributed by atoms with Crippen LogP contribution in [-0.2, 0) is 4.74 Å². The van der Waals surface area contributed by atoms with Crippen molar-refractivity contribution in [3.63, 3.8) is 0 Å². The minimum Gasteiger partial charge on any atom is -0.493 e. The molecule has 39 heavy (non-hydrogen) atoms. The lowest BCUT2D eigenvalue weighted by Gasteiger charge is -2.37. The molecular weight excluding hydrogens is 497 g/mol. The monoisotopic (exact) mass is 529 g/mol. The Balaban J connectivity index is 0.980. The molecule has 0 amide bonds. The smallest absolute Gasteiger partial charge is 0.347 e. The summed E-state index contributed by atoms with van der Waals surface area (Å²) < 4.78 is 27.7. The Morgan fingerprint density at radius 3 is 2.21 bits per heavy atom. The van der Waals surface area contributed by atoms with Crippen molar-refractivity contribution >= 4 is 11.4 Å². The topological polar surface area (TPSA) is 75.6 Å². The first-order valence-electron chi connectivity index (χ1n) is 13.4. The van der Waals surface area contributed by atoms with Gasteiger partial charge in [-0.15, -0.1) is 0 Å². The van der Waals surface area contributed by atoms with E-state index in [1.54, 1.807) is 6.07 Å². The third kappa shape index (κ3) is 5.54. The summed E-state index contributed by atoms with van der Waals surface area (Å²) in [5, 5.41) is 6.20. The van der Waals surface area contributed by atoms with E-state index < -0.39 is 0 Å². The number of ether oxygens (including phenoxy) is 2. The average molecular weight is 530 g/mol. The molecule has 202 valence electrons. The number of aromatic amines is 1. The second-order valence-corrected chi connectivity index (χ2v) is 10.3. The number of hydrogen-bond donors (Lipinski definition) is 1. The molecule has 2 aliphatic rings. The molecule has 0 radical (unpaired) electrons. The van der Waals surface area contributed by atoms with Gasteiger partial charge >= 0.3 is 5.69 Å². The van der Waals surface area contributed by atoms with E-state index in [0.717, 1.165) is 55.3 Å². The van der Waals surface area contributed by atoms with Crippen molar-refractivity contribution in [2.24, 2.45) is 5.92 Å². The second-order valence-electron chi connectivity index (χ2n) is 10.3. The van der Waals surface area contributed by atoms with Crippen LogP contribution >= 0.6 is 0 Å². The average Bonchev–Trinajstić information content (AvgIpc) is 3.61. The number of piperazine rings is 1. The Labute approximate surface area is 226 Å². The van der Waals surface area contributed by atoms with Crippen LogP contribution in [-0.4, -0.2) is 54.2 Å². The van der Waals surface area contributed by atoms with Gasteiger partial charge in [0.15, 0.2) is 0 Å². The summed E-state index contributed by atoms with van der Waals surface area (Å²) in [6.07, 6.45) is 2.03. The first-order valence-corrected chi connectivity index (χ1v) is 13.4. The zero-order valence-corrected chi connectivity index (χ0v) is 21.9. The number of hydrogen-bond acceptors (Lipinski definition) is 6. The van der Waals surface area contributed by atoms with Gasteiger partial charge in [-0.1, -0.05) is 12.1 Å². The zero-order valence-electron chi connectivity index (χ0n) is 21.9. The molecule has 2 fully saturated rings. The molecule has 2 aliphatic heterocycles. The predicted octanol–water partition coefficient (Wildman–Crippen LogP) is 4.49.